The summed E-state index contributed by atoms with van der Waals surface area (Å²) in [5.74, 6) is 0.823. The lowest BCUT2D eigenvalue weighted by atomic mass is 10.4. The van der Waals surface area contributed by atoms with E-state index in [0.29, 0.717) is 0 Å². The zero-order valence-corrected chi connectivity index (χ0v) is 8.71. The number of nitrogens with zero attached hydrogens (tertiary/aromatic N) is 2. The minimum absolute atomic E-state index is 0.815. The van der Waals surface area contributed by atoms with Gasteiger partial charge in [-0.15, -0.1) is 16.4 Å². The molecular weight excluding hydrogens is 194 g/mol. The average molecular weight is 205 g/mol. The van der Waals surface area contributed by atoms with Crippen molar-refractivity contribution in [3.8, 4) is 0 Å². The van der Waals surface area contributed by atoms with Gasteiger partial charge in [-0.25, -0.2) is 0 Å². The molecule has 14 heavy (non-hydrogen) atoms. The third-order valence-electron chi connectivity index (χ3n) is 1.82. The summed E-state index contributed by atoms with van der Waals surface area (Å²) in [6, 6.07) is 8.03. The smallest absolute Gasteiger partial charge is 0.148 e. The van der Waals surface area contributed by atoms with E-state index in [1.807, 2.05) is 25.1 Å². The standard InChI is InChI=1S/C10H11N3S/c1-8-4-5-10(13-12-8)11-7-9-3-2-6-14-9/h2-6H,7H2,1H3,(H,11,13). The van der Waals surface area contributed by atoms with Gasteiger partial charge < -0.3 is 5.32 Å². The summed E-state index contributed by atoms with van der Waals surface area (Å²) >= 11 is 1.73. The van der Waals surface area contributed by atoms with E-state index in [9.17, 15) is 0 Å². The lowest BCUT2D eigenvalue weighted by molar-refractivity contribution is 0.966. The minimum atomic E-state index is 0.815. The predicted molar refractivity (Wildman–Crippen MR) is 58.4 cm³/mol. The molecule has 0 aliphatic rings. The molecule has 0 saturated heterocycles. The van der Waals surface area contributed by atoms with E-state index in [-0.39, 0.29) is 0 Å². The van der Waals surface area contributed by atoms with Crippen LogP contribution in [-0.2, 0) is 6.54 Å². The van der Waals surface area contributed by atoms with E-state index in [1.54, 1.807) is 11.3 Å². The lowest BCUT2D eigenvalue weighted by Gasteiger charge is -2.02. The number of nitrogens with one attached hydrogen (secondary N) is 1. The van der Waals surface area contributed by atoms with Crippen molar-refractivity contribution < 1.29 is 0 Å². The largest absolute Gasteiger partial charge is 0.364 e. The quantitative estimate of drug-likeness (QED) is 0.836. The molecule has 0 aromatic carbocycles. The zero-order valence-electron chi connectivity index (χ0n) is 7.90. The van der Waals surface area contributed by atoms with E-state index in [1.165, 1.54) is 4.88 Å². The first-order valence-electron chi connectivity index (χ1n) is 4.41. The third-order valence-corrected chi connectivity index (χ3v) is 2.70. The molecule has 0 aliphatic carbocycles. The summed E-state index contributed by atoms with van der Waals surface area (Å²) in [5, 5.41) is 13.3. The number of hydrogen-bond acceptors (Lipinski definition) is 4. The van der Waals surface area contributed by atoms with Gasteiger partial charge in [-0.1, -0.05) is 6.07 Å². The summed E-state index contributed by atoms with van der Waals surface area (Å²) in [4.78, 5) is 1.30. The van der Waals surface area contributed by atoms with Gasteiger partial charge in [0.1, 0.15) is 5.82 Å². The Balaban J connectivity index is 1.95. The maximum absolute atomic E-state index is 4.02. The van der Waals surface area contributed by atoms with Crippen LogP contribution in [0.2, 0.25) is 0 Å². The molecule has 3 nitrogen and oxygen atoms in total. The zero-order chi connectivity index (χ0) is 9.80. The Morgan fingerprint density at radius 1 is 1.29 bits per heavy atom. The highest BCUT2D eigenvalue weighted by atomic mass is 32.1. The highest BCUT2D eigenvalue weighted by molar-refractivity contribution is 7.09. The number of aryl methyl sites for hydroxylation is 1. The summed E-state index contributed by atoms with van der Waals surface area (Å²) in [7, 11) is 0. The van der Waals surface area contributed by atoms with Crippen LogP contribution >= 0.6 is 11.3 Å². The summed E-state index contributed by atoms with van der Waals surface area (Å²) in [6.45, 7) is 2.74. The van der Waals surface area contributed by atoms with Crippen LogP contribution in [0, 0.1) is 6.92 Å². The second-order valence-electron chi connectivity index (χ2n) is 2.99. The van der Waals surface area contributed by atoms with Crippen LogP contribution in [0.25, 0.3) is 0 Å². The topological polar surface area (TPSA) is 37.8 Å². The summed E-state index contributed by atoms with van der Waals surface area (Å²) < 4.78 is 0. The Hall–Kier alpha value is -1.42. The van der Waals surface area contributed by atoms with Crippen molar-refractivity contribution in [2.24, 2.45) is 0 Å². The van der Waals surface area contributed by atoms with Gasteiger partial charge in [0, 0.05) is 4.88 Å². The van der Waals surface area contributed by atoms with Gasteiger partial charge in [-0.2, -0.15) is 5.10 Å². The van der Waals surface area contributed by atoms with Crippen molar-refractivity contribution in [3.63, 3.8) is 0 Å². The average Bonchev–Trinajstić information content (AvgIpc) is 2.70. The Kier molecular flexibility index (Phi) is 2.74. The molecule has 1 N–H and O–H groups in total. The summed E-state index contributed by atoms with van der Waals surface area (Å²) in [6.07, 6.45) is 0. The molecule has 0 aliphatic heterocycles. The first kappa shape index (κ1) is 9.15. The van der Waals surface area contributed by atoms with Crippen molar-refractivity contribution in [1.29, 1.82) is 0 Å². The molecular formula is C10H11N3S. The van der Waals surface area contributed by atoms with Gasteiger partial charge in [0.2, 0.25) is 0 Å². The first-order valence-corrected chi connectivity index (χ1v) is 5.29. The van der Waals surface area contributed by atoms with Crippen LogP contribution in [0.15, 0.2) is 29.6 Å². The van der Waals surface area contributed by atoms with Gasteiger partial charge in [-0.3, -0.25) is 0 Å². The van der Waals surface area contributed by atoms with Crippen LogP contribution in [0.1, 0.15) is 10.6 Å². The second kappa shape index (κ2) is 4.19. The SMILES string of the molecule is Cc1ccc(NCc2cccs2)nn1. The normalized spacial score (nSPS) is 10.1. The molecule has 2 aromatic rings. The molecule has 2 heterocycles. The van der Waals surface area contributed by atoms with Crippen LogP contribution in [0.4, 0.5) is 5.82 Å². The van der Waals surface area contributed by atoms with Crippen molar-refractivity contribution >= 4 is 17.2 Å². The maximum atomic E-state index is 4.02. The van der Waals surface area contributed by atoms with E-state index >= 15 is 0 Å². The molecule has 2 aromatic heterocycles. The van der Waals surface area contributed by atoms with Crippen LogP contribution in [0.5, 0.6) is 0 Å². The van der Waals surface area contributed by atoms with Crippen LogP contribution in [0.3, 0.4) is 0 Å². The fraction of sp³-hybridized carbons (Fsp3) is 0.200. The van der Waals surface area contributed by atoms with Gasteiger partial charge in [-0.05, 0) is 30.5 Å². The highest BCUT2D eigenvalue weighted by Gasteiger charge is 1.95. The third kappa shape index (κ3) is 2.29. The predicted octanol–water partition coefficient (Wildman–Crippen LogP) is 2.46. The molecule has 0 bridgehead atoms. The molecule has 0 radical (unpaired) electrons. The van der Waals surface area contributed by atoms with Crippen molar-refractivity contribution in [1.82, 2.24) is 10.2 Å². The highest BCUT2D eigenvalue weighted by Crippen LogP contribution is 2.10. The van der Waals surface area contributed by atoms with Gasteiger partial charge >= 0.3 is 0 Å². The number of thiophene rings is 1. The van der Waals surface area contributed by atoms with E-state index in [2.05, 4.69) is 27.0 Å². The molecule has 0 atom stereocenters. The van der Waals surface area contributed by atoms with Crippen LogP contribution < -0.4 is 5.32 Å². The molecule has 0 fully saturated rings. The molecule has 72 valence electrons. The van der Waals surface area contributed by atoms with E-state index in [0.717, 1.165) is 18.1 Å². The second-order valence-corrected chi connectivity index (χ2v) is 4.03. The maximum Gasteiger partial charge on any atom is 0.148 e. The number of aromatic nitrogens is 2. The van der Waals surface area contributed by atoms with Gasteiger partial charge in [0.25, 0.3) is 0 Å². The van der Waals surface area contributed by atoms with E-state index < -0.39 is 0 Å². The van der Waals surface area contributed by atoms with E-state index in [4.69, 9.17) is 0 Å². The molecule has 0 unspecified atom stereocenters. The minimum Gasteiger partial charge on any atom is -0.364 e. The van der Waals surface area contributed by atoms with Crippen molar-refractivity contribution in [2.45, 2.75) is 13.5 Å². The number of hydrogen-bond donors (Lipinski definition) is 1. The van der Waals surface area contributed by atoms with Gasteiger partial charge in [0.15, 0.2) is 0 Å². The van der Waals surface area contributed by atoms with Gasteiger partial charge in [0.05, 0.1) is 12.2 Å². The summed E-state index contributed by atoms with van der Waals surface area (Å²) in [5.41, 5.74) is 0.937. The molecule has 4 heteroatoms. The Labute approximate surface area is 86.8 Å². The van der Waals surface area contributed by atoms with Crippen molar-refractivity contribution in [3.05, 3.63) is 40.2 Å². The first-order chi connectivity index (χ1) is 6.84. The Bertz CT molecular complexity index is 380. The number of rotatable bonds is 3. The van der Waals surface area contributed by atoms with Crippen molar-refractivity contribution in [2.75, 3.05) is 5.32 Å². The fourth-order valence-electron chi connectivity index (χ4n) is 1.08. The molecule has 0 spiro atoms. The molecule has 0 saturated carbocycles. The Morgan fingerprint density at radius 2 is 2.21 bits per heavy atom. The lowest BCUT2D eigenvalue weighted by Crippen LogP contribution is -2.00. The van der Waals surface area contributed by atoms with Crippen LogP contribution in [-0.4, -0.2) is 10.2 Å². The monoisotopic (exact) mass is 205 g/mol. The molecule has 2 rings (SSSR count). The Morgan fingerprint density at radius 3 is 2.86 bits per heavy atom. The number of anilines is 1. The molecule has 0 amide bonds. The fourth-order valence-corrected chi connectivity index (χ4v) is 1.73.